The molecule has 4 aromatic carbocycles. The Kier molecular flexibility index (Phi) is 11.7. The van der Waals surface area contributed by atoms with Crippen LogP contribution < -0.4 is 31.9 Å². The van der Waals surface area contributed by atoms with Crippen LogP contribution in [-0.2, 0) is 14.4 Å². The molecule has 15 nitrogen and oxygen atoms in total. The van der Waals surface area contributed by atoms with Crippen molar-refractivity contribution in [3.05, 3.63) is 119 Å². The Labute approximate surface area is 337 Å². The van der Waals surface area contributed by atoms with Crippen molar-refractivity contribution in [1.82, 2.24) is 31.2 Å². The van der Waals surface area contributed by atoms with Crippen LogP contribution in [0.2, 0.25) is 0 Å². The predicted octanol–water partition coefficient (Wildman–Crippen LogP) is 4.28. The summed E-state index contributed by atoms with van der Waals surface area (Å²) in [7, 11) is 1.54. The minimum Gasteiger partial charge on any atom is -0.375 e. The molecule has 1 fully saturated rings. The van der Waals surface area contributed by atoms with Crippen molar-refractivity contribution in [1.29, 1.82) is 0 Å². The zero-order valence-corrected chi connectivity index (χ0v) is 31.8. The number of piperidine rings is 1. The fraction of sp³-hybridized carbons (Fsp3) is 0.209. The minimum atomic E-state index is -1.11. The number of anilines is 3. The molecule has 0 saturated carbocycles. The van der Waals surface area contributed by atoms with E-state index in [1.807, 2.05) is 36.4 Å². The summed E-state index contributed by atoms with van der Waals surface area (Å²) in [5.41, 5.74) is 3.72. The number of hydrogen-bond donors (Lipinski definition) is 6. The zero-order valence-electron chi connectivity index (χ0n) is 31.8. The van der Waals surface area contributed by atoms with E-state index in [-0.39, 0.29) is 66.7 Å². The fourth-order valence-electron chi connectivity index (χ4n) is 7.03. The molecule has 1 unspecified atom stereocenters. The largest absolute Gasteiger partial charge is 0.375 e. The second-order valence-corrected chi connectivity index (χ2v) is 13.9. The highest BCUT2D eigenvalue weighted by Crippen LogP contribution is 2.34. The fourth-order valence-corrected chi connectivity index (χ4v) is 7.03. The van der Waals surface area contributed by atoms with Gasteiger partial charge in [-0.25, -0.2) is 4.39 Å². The van der Waals surface area contributed by atoms with E-state index in [4.69, 9.17) is 0 Å². The minimum absolute atomic E-state index is 0.000708. The summed E-state index contributed by atoms with van der Waals surface area (Å²) in [5, 5.41) is 17.1. The highest BCUT2D eigenvalue weighted by atomic mass is 19.1. The van der Waals surface area contributed by atoms with Crippen molar-refractivity contribution in [2.24, 2.45) is 0 Å². The number of rotatable bonds is 14. The van der Waals surface area contributed by atoms with Crippen LogP contribution in [0.3, 0.4) is 0 Å². The number of halogens is 1. The van der Waals surface area contributed by atoms with Gasteiger partial charge in [0, 0.05) is 49.5 Å². The standard InChI is InChI=1S/C43H39FN8O7/c1-45-39(55)30-22-48-32-15-13-24(20-29(32)38(30)50-26-8-3-2-4-9-26)25-12-14-27(31(44)21-25)40(56)47-19-6-5-18-46-36(54)23-49-33-11-7-10-28-37(33)43(59)52(42(28)58)34-16-17-35(53)51-41(34)57/h2-4,7-15,20-22,34,49H,5-6,16-19,23H2,1H3,(H,45,55)(H,46,54)(H,47,56)(H,48,50)(H,51,53,57). The van der Waals surface area contributed by atoms with Crippen LogP contribution in [-0.4, -0.2) is 84.0 Å². The Morgan fingerprint density at radius 1 is 0.831 bits per heavy atom. The maximum absolute atomic E-state index is 15.4. The first-order chi connectivity index (χ1) is 28.5. The lowest BCUT2D eigenvalue weighted by atomic mass is 9.99. The Morgan fingerprint density at radius 3 is 2.32 bits per heavy atom. The maximum Gasteiger partial charge on any atom is 0.264 e. The van der Waals surface area contributed by atoms with Crippen molar-refractivity contribution >= 4 is 69.3 Å². The van der Waals surface area contributed by atoms with Crippen molar-refractivity contribution in [2.75, 3.05) is 37.3 Å². The normalized spacial score (nSPS) is 14.7. The number of pyridine rings is 1. The van der Waals surface area contributed by atoms with E-state index in [1.165, 1.54) is 31.4 Å². The molecule has 5 aromatic rings. The van der Waals surface area contributed by atoms with E-state index in [2.05, 4.69) is 36.9 Å². The summed E-state index contributed by atoms with van der Waals surface area (Å²) in [4.78, 5) is 93.8. The lowest BCUT2D eigenvalue weighted by Crippen LogP contribution is -2.54. The lowest BCUT2D eigenvalue weighted by molar-refractivity contribution is -0.136. The van der Waals surface area contributed by atoms with E-state index >= 15 is 4.39 Å². The summed E-state index contributed by atoms with van der Waals surface area (Å²) in [6.07, 6.45) is 2.52. The van der Waals surface area contributed by atoms with Crippen LogP contribution in [0, 0.1) is 5.82 Å². The molecular formula is C43H39FN8O7. The molecule has 0 bridgehead atoms. The predicted molar refractivity (Wildman–Crippen MR) is 216 cm³/mol. The van der Waals surface area contributed by atoms with Crippen LogP contribution in [0.25, 0.3) is 22.0 Å². The smallest absolute Gasteiger partial charge is 0.264 e. The summed E-state index contributed by atoms with van der Waals surface area (Å²) < 4.78 is 15.4. The van der Waals surface area contributed by atoms with Crippen LogP contribution in [0.5, 0.6) is 0 Å². The number of imide groups is 2. The number of benzene rings is 4. The van der Waals surface area contributed by atoms with Gasteiger partial charge in [0.05, 0.1) is 40.0 Å². The number of hydrogen-bond acceptors (Lipinski definition) is 10. The number of nitrogens with one attached hydrogen (secondary N) is 6. The first-order valence-electron chi connectivity index (χ1n) is 18.9. The lowest BCUT2D eigenvalue weighted by Gasteiger charge is -2.27. The molecule has 0 radical (unpaired) electrons. The topological polar surface area (TPSA) is 208 Å². The molecule has 0 spiro atoms. The monoisotopic (exact) mass is 798 g/mol. The molecule has 3 heterocycles. The molecule has 16 heteroatoms. The van der Waals surface area contributed by atoms with Crippen LogP contribution >= 0.6 is 0 Å². The molecule has 2 aliphatic heterocycles. The van der Waals surface area contributed by atoms with Gasteiger partial charge in [-0.2, -0.15) is 0 Å². The molecule has 1 saturated heterocycles. The number of para-hydroxylation sites is 1. The Balaban J connectivity index is 0.896. The number of aromatic nitrogens is 1. The number of amides is 7. The summed E-state index contributed by atoms with van der Waals surface area (Å²) in [5.74, 6) is -4.52. The van der Waals surface area contributed by atoms with Crippen molar-refractivity contribution in [2.45, 2.75) is 31.7 Å². The SMILES string of the molecule is CNC(=O)c1cnc2ccc(-c3ccc(C(=O)NCCCCNC(=O)CNc4cccc5c4C(=O)N(C4CCC(=O)NC4=O)C5=O)c(F)c3)cc2c1Nc1ccccc1. The molecule has 2 aliphatic rings. The molecule has 1 aromatic heterocycles. The van der Waals surface area contributed by atoms with Crippen LogP contribution in [0.15, 0.2) is 91.1 Å². The van der Waals surface area contributed by atoms with Gasteiger partial charge in [0.2, 0.25) is 17.7 Å². The maximum atomic E-state index is 15.4. The third kappa shape index (κ3) is 8.46. The van der Waals surface area contributed by atoms with E-state index in [1.54, 1.807) is 30.3 Å². The van der Waals surface area contributed by atoms with E-state index < -0.39 is 41.4 Å². The van der Waals surface area contributed by atoms with Gasteiger partial charge in [-0.3, -0.25) is 48.8 Å². The van der Waals surface area contributed by atoms with E-state index in [0.717, 1.165) is 10.6 Å². The van der Waals surface area contributed by atoms with Gasteiger partial charge < -0.3 is 26.6 Å². The van der Waals surface area contributed by atoms with Gasteiger partial charge in [0.25, 0.3) is 23.6 Å². The highest BCUT2D eigenvalue weighted by molar-refractivity contribution is 6.25. The molecule has 1 atom stereocenters. The van der Waals surface area contributed by atoms with Gasteiger partial charge in [0.1, 0.15) is 11.9 Å². The first kappa shape index (κ1) is 39.7. The van der Waals surface area contributed by atoms with Gasteiger partial charge in [0.15, 0.2) is 0 Å². The average molecular weight is 799 g/mol. The molecule has 7 rings (SSSR count). The van der Waals surface area contributed by atoms with Gasteiger partial charge in [-0.05, 0) is 78.9 Å². The Bertz CT molecular complexity index is 2530. The third-order valence-electron chi connectivity index (χ3n) is 10.0. The number of nitrogens with zero attached hydrogens (tertiary/aromatic N) is 2. The quantitative estimate of drug-likeness (QED) is 0.0694. The molecule has 300 valence electrons. The van der Waals surface area contributed by atoms with E-state index in [0.29, 0.717) is 46.1 Å². The summed E-state index contributed by atoms with van der Waals surface area (Å²) in [6, 6.07) is 22.6. The van der Waals surface area contributed by atoms with Crippen molar-refractivity contribution < 1.29 is 38.0 Å². The van der Waals surface area contributed by atoms with Gasteiger partial charge >= 0.3 is 0 Å². The van der Waals surface area contributed by atoms with Crippen molar-refractivity contribution in [3.8, 4) is 11.1 Å². The summed E-state index contributed by atoms with van der Waals surface area (Å²) >= 11 is 0. The molecule has 0 aliphatic carbocycles. The Morgan fingerprint density at radius 2 is 1.58 bits per heavy atom. The average Bonchev–Trinajstić information content (AvgIpc) is 3.49. The highest BCUT2D eigenvalue weighted by Gasteiger charge is 2.45. The second-order valence-electron chi connectivity index (χ2n) is 13.9. The van der Waals surface area contributed by atoms with E-state index in [9.17, 15) is 33.6 Å². The number of unbranched alkanes of at least 4 members (excludes halogenated alkanes) is 1. The van der Waals surface area contributed by atoms with Crippen LogP contribution in [0.1, 0.15) is 67.1 Å². The zero-order chi connectivity index (χ0) is 41.6. The second kappa shape index (κ2) is 17.3. The molecule has 59 heavy (non-hydrogen) atoms. The Hall–Kier alpha value is -7.49. The number of carbonyl (C=O) groups excluding carboxylic acids is 7. The van der Waals surface area contributed by atoms with Crippen molar-refractivity contribution in [3.63, 3.8) is 0 Å². The summed E-state index contributed by atoms with van der Waals surface area (Å²) in [6.45, 7) is 0.301. The first-order valence-corrected chi connectivity index (χ1v) is 18.9. The third-order valence-corrected chi connectivity index (χ3v) is 10.0. The number of fused-ring (bicyclic) bond motifs is 2. The molecule has 6 N–H and O–H groups in total. The van der Waals surface area contributed by atoms with Gasteiger partial charge in [-0.15, -0.1) is 0 Å². The molecule has 7 amide bonds. The van der Waals surface area contributed by atoms with Gasteiger partial charge in [-0.1, -0.05) is 36.4 Å². The van der Waals surface area contributed by atoms with Crippen LogP contribution in [0.4, 0.5) is 21.5 Å². The molecular weight excluding hydrogens is 760 g/mol. The number of carbonyl (C=O) groups is 7.